The van der Waals surface area contributed by atoms with E-state index in [4.69, 9.17) is 9.15 Å². The number of benzene rings is 1. The highest BCUT2D eigenvalue weighted by Crippen LogP contribution is 2.23. The minimum Gasteiger partial charge on any atom is -0.459 e. The number of esters is 1. The first-order chi connectivity index (χ1) is 12.7. The molecule has 0 spiro atoms. The van der Waals surface area contributed by atoms with Crippen molar-refractivity contribution in [3.8, 4) is 10.8 Å². The van der Waals surface area contributed by atoms with Gasteiger partial charge >= 0.3 is 5.97 Å². The van der Waals surface area contributed by atoms with E-state index in [1.54, 1.807) is 23.9 Å². The lowest BCUT2D eigenvalue weighted by molar-refractivity contribution is -0.145. The van der Waals surface area contributed by atoms with Gasteiger partial charge in [-0.05, 0) is 29.8 Å². The first kappa shape index (κ1) is 18.4. The summed E-state index contributed by atoms with van der Waals surface area (Å²) in [6.45, 7) is 0.0321. The summed E-state index contributed by atoms with van der Waals surface area (Å²) in [5, 5.41) is 1.94. The van der Waals surface area contributed by atoms with Gasteiger partial charge in [0.1, 0.15) is 18.6 Å². The topological polar surface area (TPSA) is 69.4 Å². The Morgan fingerprint density at radius 2 is 2.00 bits per heavy atom. The molecule has 134 valence electrons. The summed E-state index contributed by atoms with van der Waals surface area (Å²) in [5.74, 6) is 0.00527. The Hall–Kier alpha value is -2.38. The van der Waals surface area contributed by atoms with Crippen molar-refractivity contribution in [3.63, 3.8) is 0 Å². The molecule has 7 heteroatoms. The molecular formula is C19H17NO4S2. The molecule has 2 aromatic heterocycles. The molecule has 3 aromatic rings. The lowest BCUT2D eigenvalue weighted by atomic mass is 10.1. The van der Waals surface area contributed by atoms with E-state index < -0.39 is 5.97 Å². The number of hydrogen-bond donors (Lipinski definition) is 0. The molecule has 5 nitrogen and oxygen atoms in total. The van der Waals surface area contributed by atoms with E-state index in [-0.39, 0.29) is 25.2 Å². The summed E-state index contributed by atoms with van der Waals surface area (Å²) in [7, 11) is 0. The number of oxazole rings is 1. The van der Waals surface area contributed by atoms with Crippen molar-refractivity contribution in [2.45, 2.75) is 24.3 Å². The van der Waals surface area contributed by atoms with Crippen molar-refractivity contribution >= 4 is 34.9 Å². The van der Waals surface area contributed by atoms with Gasteiger partial charge in [-0.2, -0.15) is 0 Å². The molecule has 0 saturated carbocycles. The summed E-state index contributed by atoms with van der Waals surface area (Å²) in [4.78, 5) is 30.3. The Labute approximate surface area is 159 Å². The van der Waals surface area contributed by atoms with Crippen molar-refractivity contribution in [2.24, 2.45) is 0 Å². The summed E-state index contributed by atoms with van der Waals surface area (Å²) in [6.07, 6.45) is 3.61. The smallest absolute Gasteiger partial charge is 0.306 e. The Morgan fingerprint density at radius 1 is 1.19 bits per heavy atom. The van der Waals surface area contributed by atoms with Gasteiger partial charge < -0.3 is 9.15 Å². The molecule has 0 N–H and O–H groups in total. The van der Waals surface area contributed by atoms with Crippen LogP contribution in [0.5, 0.6) is 0 Å². The molecule has 0 amide bonds. The van der Waals surface area contributed by atoms with Crippen LogP contribution in [0.25, 0.3) is 10.8 Å². The number of ether oxygens (including phenoxy) is 1. The summed E-state index contributed by atoms with van der Waals surface area (Å²) < 4.78 is 10.5. The van der Waals surface area contributed by atoms with Crippen molar-refractivity contribution < 1.29 is 18.7 Å². The number of thiophene rings is 1. The van der Waals surface area contributed by atoms with Gasteiger partial charge in [0.15, 0.2) is 5.78 Å². The molecule has 0 saturated heterocycles. The number of thioether (sulfide) groups is 1. The molecule has 3 rings (SSSR count). The zero-order valence-electron chi connectivity index (χ0n) is 14.1. The minimum atomic E-state index is -0.431. The van der Waals surface area contributed by atoms with E-state index in [2.05, 4.69) is 4.98 Å². The highest BCUT2D eigenvalue weighted by atomic mass is 32.2. The minimum absolute atomic E-state index is 0.0321. The summed E-state index contributed by atoms with van der Waals surface area (Å²) in [5.41, 5.74) is 1.15. The molecule has 0 radical (unpaired) electrons. The fourth-order valence-electron chi connectivity index (χ4n) is 2.25. The quantitative estimate of drug-likeness (QED) is 0.313. The molecule has 0 atom stereocenters. The fourth-order valence-corrected chi connectivity index (χ4v) is 3.31. The highest BCUT2D eigenvalue weighted by Gasteiger charge is 2.12. The Kier molecular flexibility index (Phi) is 6.25. The van der Waals surface area contributed by atoms with Crippen LogP contribution in [0.3, 0.4) is 0 Å². The Balaban J connectivity index is 1.44. The second kappa shape index (κ2) is 8.82. The predicted octanol–water partition coefficient (Wildman–Crippen LogP) is 4.83. The van der Waals surface area contributed by atoms with Crippen molar-refractivity contribution in [2.75, 3.05) is 6.26 Å². The van der Waals surface area contributed by atoms with Crippen LogP contribution < -0.4 is 0 Å². The molecule has 0 aliphatic rings. The van der Waals surface area contributed by atoms with Gasteiger partial charge in [0.2, 0.25) is 5.89 Å². The largest absolute Gasteiger partial charge is 0.459 e. The molecular weight excluding hydrogens is 370 g/mol. The zero-order chi connectivity index (χ0) is 18.4. The molecule has 2 heterocycles. The number of hydrogen-bond acceptors (Lipinski definition) is 7. The van der Waals surface area contributed by atoms with Crippen LogP contribution in [0.15, 0.2) is 57.4 Å². The van der Waals surface area contributed by atoms with Crippen LogP contribution in [0.4, 0.5) is 0 Å². The van der Waals surface area contributed by atoms with E-state index in [0.29, 0.717) is 17.1 Å². The number of carbonyl (C=O) groups is 2. The third kappa shape index (κ3) is 4.83. The monoisotopic (exact) mass is 387 g/mol. The van der Waals surface area contributed by atoms with Gasteiger partial charge in [-0.3, -0.25) is 9.59 Å². The predicted molar refractivity (Wildman–Crippen MR) is 101 cm³/mol. The van der Waals surface area contributed by atoms with Crippen LogP contribution in [-0.2, 0) is 16.1 Å². The van der Waals surface area contributed by atoms with Gasteiger partial charge in [-0.1, -0.05) is 18.2 Å². The Bertz CT molecular complexity index is 869. The maximum absolute atomic E-state index is 12.1. The normalized spacial score (nSPS) is 10.7. The van der Waals surface area contributed by atoms with Gasteiger partial charge in [0.25, 0.3) is 0 Å². The highest BCUT2D eigenvalue weighted by molar-refractivity contribution is 7.98. The molecule has 0 fully saturated rings. The van der Waals surface area contributed by atoms with Crippen molar-refractivity contribution in [3.05, 3.63) is 59.3 Å². The van der Waals surface area contributed by atoms with Crippen molar-refractivity contribution in [1.82, 2.24) is 4.98 Å². The second-order valence-electron chi connectivity index (χ2n) is 5.43. The van der Waals surface area contributed by atoms with E-state index in [0.717, 1.165) is 9.77 Å². The van der Waals surface area contributed by atoms with Crippen LogP contribution in [0, 0.1) is 0 Å². The standard InChI is InChI=1S/C19H17NO4S2/c1-25-15-6-4-13(5-7-15)16(21)8-9-18(22)23-11-14-12-24-19(20-14)17-3-2-10-26-17/h2-7,10,12H,8-9,11H2,1H3. The molecule has 0 unspecified atom stereocenters. The average molecular weight is 387 g/mol. The maximum Gasteiger partial charge on any atom is 0.306 e. The van der Waals surface area contributed by atoms with Gasteiger partial charge in [0.05, 0.1) is 11.3 Å². The number of Topliss-reactive ketones (excluding diaryl/α,β-unsaturated/α-hetero) is 1. The van der Waals surface area contributed by atoms with Gasteiger partial charge in [-0.25, -0.2) is 4.98 Å². The summed E-state index contributed by atoms with van der Waals surface area (Å²) in [6, 6.07) is 11.2. The maximum atomic E-state index is 12.1. The second-order valence-corrected chi connectivity index (χ2v) is 7.26. The number of carbonyl (C=O) groups excluding carboxylic acids is 2. The van der Waals surface area contributed by atoms with E-state index in [9.17, 15) is 9.59 Å². The lowest BCUT2D eigenvalue weighted by Gasteiger charge is -2.03. The van der Waals surface area contributed by atoms with E-state index in [1.165, 1.54) is 17.6 Å². The summed E-state index contributed by atoms with van der Waals surface area (Å²) >= 11 is 3.14. The number of ketones is 1. The molecule has 0 aliphatic heterocycles. The Morgan fingerprint density at radius 3 is 2.69 bits per heavy atom. The van der Waals surface area contributed by atoms with Gasteiger partial charge in [-0.15, -0.1) is 23.1 Å². The lowest BCUT2D eigenvalue weighted by Crippen LogP contribution is -2.08. The number of nitrogens with zero attached hydrogens (tertiary/aromatic N) is 1. The molecule has 26 heavy (non-hydrogen) atoms. The molecule has 0 bridgehead atoms. The number of aromatic nitrogens is 1. The SMILES string of the molecule is CSc1ccc(C(=O)CCC(=O)OCc2coc(-c3cccs3)n2)cc1. The molecule has 1 aromatic carbocycles. The van der Waals surface area contributed by atoms with Crippen molar-refractivity contribution in [1.29, 1.82) is 0 Å². The number of rotatable bonds is 8. The molecule has 0 aliphatic carbocycles. The fraction of sp³-hybridized carbons (Fsp3) is 0.211. The van der Waals surface area contributed by atoms with E-state index in [1.807, 2.05) is 35.9 Å². The van der Waals surface area contributed by atoms with Crippen LogP contribution in [0.2, 0.25) is 0 Å². The van der Waals surface area contributed by atoms with Crippen LogP contribution >= 0.6 is 23.1 Å². The first-order valence-corrected chi connectivity index (χ1v) is 10.1. The van der Waals surface area contributed by atoms with Crippen LogP contribution in [0.1, 0.15) is 28.9 Å². The zero-order valence-corrected chi connectivity index (χ0v) is 15.8. The van der Waals surface area contributed by atoms with E-state index >= 15 is 0 Å². The van der Waals surface area contributed by atoms with Gasteiger partial charge in [0, 0.05) is 16.9 Å². The third-order valence-corrected chi connectivity index (χ3v) is 5.23. The third-order valence-electron chi connectivity index (χ3n) is 3.63. The first-order valence-electron chi connectivity index (χ1n) is 7.97. The van der Waals surface area contributed by atoms with Crippen LogP contribution in [-0.4, -0.2) is 23.0 Å². The average Bonchev–Trinajstić information content (AvgIpc) is 3.36.